The van der Waals surface area contributed by atoms with E-state index in [2.05, 4.69) is 0 Å². The first-order valence-corrected chi connectivity index (χ1v) is 6.33. The van der Waals surface area contributed by atoms with Gasteiger partial charge in [0.2, 0.25) is 0 Å². The molecule has 2 nitrogen and oxygen atoms in total. The molecule has 6 heteroatoms. The Balaban J connectivity index is 2.35. The highest BCUT2D eigenvalue weighted by molar-refractivity contribution is 6.01. The van der Waals surface area contributed by atoms with E-state index in [-0.39, 0.29) is 11.6 Å². The normalized spacial score (nSPS) is 26.8. The van der Waals surface area contributed by atoms with Gasteiger partial charge in [-0.15, -0.1) is 0 Å². The number of halogens is 4. The minimum Gasteiger partial charge on any atom is -0.327 e. The van der Waals surface area contributed by atoms with Crippen LogP contribution in [0.25, 0.3) is 0 Å². The standard InChI is InChI=1S/C14H15F4NO/c1-13(6-2-3-11(13)19)12(20)8-4-5-9(10(15)7-8)14(16,17)18/h4-5,7,11H,2-3,6,19H2,1H3. The molecule has 0 bridgehead atoms. The fourth-order valence-corrected chi connectivity index (χ4v) is 2.69. The number of carbonyl (C=O) groups is 1. The Morgan fingerprint density at radius 1 is 1.40 bits per heavy atom. The lowest BCUT2D eigenvalue weighted by atomic mass is 9.78. The number of ketones is 1. The van der Waals surface area contributed by atoms with Crippen LogP contribution in [0.5, 0.6) is 0 Å². The molecule has 0 aromatic heterocycles. The molecule has 2 atom stereocenters. The largest absolute Gasteiger partial charge is 0.419 e. The molecule has 0 saturated heterocycles. The van der Waals surface area contributed by atoms with E-state index >= 15 is 0 Å². The van der Waals surface area contributed by atoms with Gasteiger partial charge in [-0.1, -0.05) is 19.4 Å². The summed E-state index contributed by atoms with van der Waals surface area (Å²) in [6.45, 7) is 1.68. The van der Waals surface area contributed by atoms with E-state index in [1.165, 1.54) is 0 Å². The van der Waals surface area contributed by atoms with Gasteiger partial charge in [-0.25, -0.2) is 4.39 Å². The van der Waals surface area contributed by atoms with Gasteiger partial charge in [0.1, 0.15) is 5.82 Å². The van der Waals surface area contributed by atoms with E-state index in [4.69, 9.17) is 5.73 Å². The molecule has 0 amide bonds. The highest BCUT2D eigenvalue weighted by Gasteiger charge is 2.43. The van der Waals surface area contributed by atoms with Crippen molar-refractivity contribution in [1.29, 1.82) is 0 Å². The first-order valence-electron chi connectivity index (χ1n) is 6.33. The van der Waals surface area contributed by atoms with Crippen molar-refractivity contribution in [3.63, 3.8) is 0 Å². The third-order valence-electron chi connectivity index (χ3n) is 4.09. The maximum absolute atomic E-state index is 13.5. The summed E-state index contributed by atoms with van der Waals surface area (Å²) in [6.07, 6.45) is -2.73. The van der Waals surface area contributed by atoms with Crippen molar-refractivity contribution in [1.82, 2.24) is 0 Å². The maximum atomic E-state index is 13.5. The molecular formula is C14H15F4NO. The Morgan fingerprint density at radius 2 is 2.05 bits per heavy atom. The van der Waals surface area contributed by atoms with Gasteiger partial charge in [0.05, 0.1) is 5.56 Å². The fourth-order valence-electron chi connectivity index (χ4n) is 2.69. The summed E-state index contributed by atoms with van der Waals surface area (Å²) in [4.78, 5) is 12.4. The van der Waals surface area contributed by atoms with E-state index in [1.54, 1.807) is 6.92 Å². The molecule has 110 valence electrons. The summed E-state index contributed by atoms with van der Waals surface area (Å²) in [5.74, 6) is -1.83. The monoisotopic (exact) mass is 289 g/mol. The third kappa shape index (κ3) is 2.44. The van der Waals surface area contributed by atoms with Gasteiger partial charge in [-0.2, -0.15) is 13.2 Å². The summed E-state index contributed by atoms with van der Waals surface area (Å²) >= 11 is 0. The number of carbonyl (C=O) groups excluding carboxylic acids is 1. The maximum Gasteiger partial charge on any atom is 0.419 e. The Kier molecular flexibility index (Phi) is 3.62. The second-order valence-electron chi connectivity index (χ2n) is 5.44. The molecule has 2 N–H and O–H groups in total. The zero-order chi connectivity index (χ0) is 15.1. The zero-order valence-electron chi connectivity index (χ0n) is 10.9. The Morgan fingerprint density at radius 3 is 2.50 bits per heavy atom. The SMILES string of the molecule is CC1(C(=O)c2ccc(C(F)(F)F)c(F)c2)CCCC1N. The molecule has 0 heterocycles. The van der Waals surface area contributed by atoms with Gasteiger partial charge in [0.15, 0.2) is 5.78 Å². The van der Waals surface area contributed by atoms with Crippen molar-refractivity contribution in [2.24, 2.45) is 11.1 Å². The lowest BCUT2D eigenvalue weighted by Crippen LogP contribution is -2.41. The molecule has 2 unspecified atom stereocenters. The molecule has 2 rings (SSSR count). The number of Topliss-reactive ketones (excluding diaryl/α,β-unsaturated/α-hetero) is 1. The van der Waals surface area contributed by atoms with Crippen LogP contribution in [0.4, 0.5) is 17.6 Å². The first kappa shape index (κ1) is 15.0. The second kappa shape index (κ2) is 4.84. The number of hydrogen-bond acceptors (Lipinski definition) is 2. The molecule has 1 saturated carbocycles. The van der Waals surface area contributed by atoms with Crippen LogP contribution < -0.4 is 5.73 Å². The Bertz CT molecular complexity index is 540. The molecule has 1 aliphatic rings. The number of hydrogen-bond donors (Lipinski definition) is 1. The second-order valence-corrected chi connectivity index (χ2v) is 5.44. The first-order chi connectivity index (χ1) is 9.16. The van der Waals surface area contributed by atoms with E-state index in [9.17, 15) is 22.4 Å². The molecule has 0 radical (unpaired) electrons. The highest BCUT2D eigenvalue weighted by Crippen LogP contribution is 2.40. The number of rotatable bonds is 2. The minimum absolute atomic E-state index is 0.0599. The van der Waals surface area contributed by atoms with Crippen LogP contribution in [0.1, 0.15) is 42.1 Å². The van der Waals surface area contributed by atoms with E-state index < -0.39 is 28.8 Å². The Labute approximate surface area is 114 Å². The van der Waals surface area contributed by atoms with Crippen molar-refractivity contribution >= 4 is 5.78 Å². The lowest BCUT2D eigenvalue weighted by molar-refractivity contribution is -0.140. The predicted octanol–water partition coefficient (Wildman–Crippen LogP) is 3.54. The molecule has 1 aromatic carbocycles. The van der Waals surface area contributed by atoms with E-state index in [0.717, 1.165) is 12.5 Å². The molecular weight excluding hydrogens is 274 g/mol. The smallest absolute Gasteiger partial charge is 0.327 e. The third-order valence-corrected chi connectivity index (χ3v) is 4.09. The van der Waals surface area contributed by atoms with Crippen molar-refractivity contribution in [2.45, 2.75) is 38.4 Å². The van der Waals surface area contributed by atoms with Crippen molar-refractivity contribution < 1.29 is 22.4 Å². The van der Waals surface area contributed by atoms with Gasteiger partial charge in [-0.3, -0.25) is 4.79 Å². The molecule has 20 heavy (non-hydrogen) atoms. The van der Waals surface area contributed by atoms with Gasteiger partial charge >= 0.3 is 6.18 Å². The summed E-state index contributed by atoms with van der Waals surface area (Å²) < 4.78 is 50.9. The number of nitrogens with two attached hydrogens (primary N) is 1. The van der Waals surface area contributed by atoms with Crippen LogP contribution in [0.15, 0.2) is 18.2 Å². The number of benzene rings is 1. The van der Waals surface area contributed by atoms with Gasteiger partial charge in [0.25, 0.3) is 0 Å². The van der Waals surface area contributed by atoms with Gasteiger partial charge in [0, 0.05) is 17.0 Å². The number of alkyl halides is 3. The van der Waals surface area contributed by atoms with Crippen molar-refractivity contribution in [3.05, 3.63) is 35.1 Å². The topological polar surface area (TPSA) is 43.1 Å². The van der Waals surface area contributed by atoms with Crippen LogP contribution in [0.3, 0.4) is 0 Å². The molecule has 1 aromatic rings. The molecule has 1 fully saturated rings. The van der Waals surface area contributed by atoms with Crippen LogP contribution in [0.2, 0.25) is 0 Å². The van der Waals surface area contributed by atoms with E-state index in [0.29, 0.717) is 25.0 Å². The van der Waals surface area contributed by atoms with Crippen molar-refractivity contribution in [3.8, 4) is 0 Å². The summed E-state index contributed by atoms with van der Waals surface area (Å²) in [5, 5.41) is 0. The summed E-state index contributed by atoms with van der Waals surface area (Å²) in [6, 6.07) is 1.93. The van der Waals surface area contributed by atoms with Crippen LogP contribution >= 0.6 is 0 Å². The van der Waals surface area contributed by atoms with Crippen molar-refractivity contribution in [2.75, 3.05) is 0 Å². The quantitative estimate of drug-likeness (QED) is 0.668. The highest BCUT2D eigenvalue weighted by atomic mass is 19.4. The Hall–Kier alpha value is -1.43. The fraction of sp³-hybridized carbons (Fsp3) is 0.500. The summed E-state index contributed by atoms with van der Waals surface area (Å²) in [7, 11) is 0. The molecule has 1 aliphatic carbocycles. The summed E-state index contributed by atoms with van der Waals surface area (Å²) in [5.41, 5.74) is 3.64. The predicted molar refractivity (Wildman–Crippen MR) is 65.7 cm³/mol. The van der Waals surface area contributed by atoms with Crippen LogP contribution in [0, 0.1) is 11.2 Å². The van der Waals surface area contributed by atoms with Gasteiger partial charge in [-0.05, 0) is 25.0 Å². The average Bonchev–Trinajstić information content (AvgIpc) is 2.68. The van der Waals surface area contributed by atoms with Crippen LogP contribution in [-0.4, -0.2) is 11.8 Å². The molecule has 0 aliphatic heterocycles. The zero-order valence-corrected chi connectivity index (χ0v) is 10.9. The lowest BCUT2D eigenvalue weighted by Gasteiger charge is -2.27. The average molecular weight is 289 g/mol. The van der Waals surface area contributed by atoms with E-state index in [1.807, 2.05) is 0 Å². The minimum atomic E-state index is -4.76. The van der Waals surface area contributed by atoms with Gasteiger partial charge < -0.3 is 5.73 Å². The molecule has 0 spiro atoms. The van der Waals surface area contributed by atoms with Crippen LogP contribution in [-0.2, 0) is 6.18 Å².